The smallest absolute Gasteiger partial charge is 0.251 e. The van der Waals surface area contributed by atoms with Gasteiger partial charge in [-0.15, -0.1) is 0 Å². The summed E-state index contributed by atoms with van der Waals surface area (Å²) in [4.78, 5) is 15.9. The third kappa shape index (κ3) is 4.30. The van der Waals surface area contributed by atoms with Crippen molar-refractivity contribution in [1.29, 1.82) is 5.41 Å². The van der Waals surface area contributed by atoms with Gasteiger partial charge in [-0.25, -0.2) is 4.39 Å². The van der Waals surface area contributed by atoms with Crippen molar-refractivity contribution in [1.82, 2.24) is 4.98 Å². The SMILES string of the molecule is CCc1cc(-c2cc(Oc3ccc(C(C)=N)c(NC)c3)ccn2)cc(F)c1C(N)=O. The maximum atomic E-state index is 14.5. The van der Waals surface area contributed by atoms with E-state index in [4.69, 9.17) is 15.9 Å². The Balaban J connectivity index is 1.95. The van der Waals surface area contributed by atoms with E-state index in [-0.39, 0.29) is 5.56 Å². The number of halogens is 1. The van der Waals surface area contributed by atoms with E-state index < -0.39 is 11.7 Å². The van der Waals surface area contributed by atoms with Gasteiger partial charge in [0.05, 0.1) is 11.3 Å². The lowest BCUT2D eigenvalue weighted by molar-refractivity contribution is 0.0995. The van der Waals surface area contributed by atoms with Crippen LogP contribution in [0, 0.1) is 11.2 Å². The zero-order valence-corrected chi connectivity index (χ0v) is 17.0. The number of carbonyl (C=O) groups is 1. The van der Waals surface area contributed by atoms with Gasteiger partial charge in [0.25, 0.3) is 5.91 Å². The number of primary amides is 1. The van der Waals surface area contributed by atoms with Crippen molar-refractivity contribution in [2.24, 2.45) is 5.73 Å². The lowest BCUT2D eigenvalue weighted by atomic mass is 9.99. The van der Waals surface area contributed by atoms with Gasteiger partial charge in [-0.3, -0.25) is 9.78 Å². The van der Waals surface area contributed by atoms with E-state index >= 15 is 0 Å². The number of carbonyl (C=O) groups excluding carboxylic acids is 1. The molecule has 1 amide bonds. The summed E-state index contributed by atoms with van der Waals surface area (Å²) in [5, 5.41) is 10.9. The number of rotatable bonds is 7. The van der Waals surface area contributed by atoms with E-state index in [9.17, 15) is 9.18 Å². The number of nitrogens with one attached hydrogen (secondary N) is 2. The lowest BCUT2D eigenvalue weighted by Crippen LogP contribution is -2.16. The molecule has 0 fully saturated rings. The molecule has 0 spiro atoms. The summed E-state index contributed by atoms with van der Waals surface area (Å²) >= 11 is 0. The summed E-state index contributed by atoms with van der Waals surface area (Å²) in [6, 6.07) is 11.8. The van der Waals surface area contributed by atoms with E-state index in [1.807, 2.05) is 19.1 Å². The summed E-state index contributed by atoms with van der Waals surface area (Å²) in [6.07, 6.45) is 2.04. The van der Waals surface area contributed by atoms with Gasteiger partial charge in [0.1, 0.15) is 17.3 Å². The van der Waals surface area contributed by atoms with Crippen LogP contribution in [-0.2, 0) is 6.42 Å². The molecule has 3 rings (SSSR count). The molecule has 4 N–H and O–H groups in total. The minimum absolute atomic E-state index is 0.0881. The van der Waals surface area contributed by atoms with Gasteiger partial charge < -0.3 is 21.2 Å². The Morgan fingerprint density at radius 2 is 1.93 bits per heavy atom. The zero-order valence-electron chi connectivity index (χ0n) is 17.0. The first-order valence-corrected chi connectivity index (χ1v) is 9.47. The Kier molecular flexibility index (Phi) is 6.11. The Bertz CT molecular complexity index is 1130. The molecule has 1 aromatic heterocycles. The van der Waals surface area contributed by atoms with Crippen LogP contribution < -0.4 is 15.8 Å². The second kappa shape index (κ2) is 8.73. The molecule has 0 unspecified atom stereocenters. The van der Waals surface area contributed by atoms with Crippen LogP contribution in [0.25, 0.3) is 11.3 Å². The second-order valence-electron chi connectivity index (χ2n) is 6.77. The third-order valence-corrected chi connectivity index (χ3v) is 4.73. The first kappa shape index (κ1) is 21.0. The molecule has 1 heterocycles. The Morgan fingerprint density at radius 3 is 2.57 bits per heavy atom. The summed E-state index contributed by atoms with van der Waals surface area (Å²) in [5.41, 5.74) is 8.82. The Hall–Kier alpha value is -3.74. The van der Waals surface area contributed by atoms with Gasteiger partial charge in [-0.1, -0.05) is 6.92 Å². The minimum atomic E-state index is -0.787. The summed E-state index contributed by atoms with van der Waals surface area (Å²) < 4.78 is 20.4. The fourth-order valence-corrected chi connectivity index (χ4v) is 3.26. The fourth-order valence-electron chi connectivity index (χ4n) is 3.26. The molecule has 154 valence electrons. The van der Waals surface area contributed by atoms with Crippen LogP contribution in [0.2, 0.25) is 0 Å². The van der Waals surface area contributed by atoms with Gasteiger partial charge in [-0.2, -0.15) is 0 Å². The zero-order chi connectivity index (χ0) is 21.8. The van der Waals surface area contributed by atoms with Crippen molar-refractivity contribution in [3.8, 4) is 22.8 Å². The highest BCUT2D eigenvalue weighted by molar-refractivity contribution is 6.01. The Labute approximate surface area is 174 Å². The van der Waals surface area contributed by atoms with Crippen molar-refractivity contribution in [3.63, 3.8) is 0 Å². The average molecular weight is 406 g/mol. The number of aromatic nitrogens is 1. The van der Waals surface area contributed by atoms with Gasteiger partial charge >= 0.3 is 0 Å². The maximum absolute atomic E-state index is 14.5. The van der Waals surface area contributed by atoms with E-state index in [0.717, 1.165) is 11.3 Å². The number of hydrogen-bond donors (Lipinski definition) is 3. The van der Waals surface area contributed by atoms with Crippen molar-refractivity contribution in [3.05, 3.63) is 71.2 Å². The van der Waals surface area contributed by atoms with E-state index in [1.54, 1.807) is 44.4 Å². The van der Waals surface area contributed by atoms with Crippen LogP contribution in [0.15, 0.2) is 48.7 Å². The highest BCUT2D eigenvalue weighted by Gasteiger charge is 2.16. The molecule has 0 aliphatic rings. The minimum Gasteiger partial charge on any atom is -0.457 e. The number of pyridine rings is 1. The molecule has 2 aromatic carbocycles. The normalized spacial score (nSPS) is 10.5. The third-order valence-electron chi connectivity index (χ3n) is 4.73. The van der Waals surface area contributed by atoms with Gasteiger partial charge in [-0.05, 0) is 49.2 Å². The van der Waals surface area contributed by atoms with E-state index in [1.165, 1.54) is 6.07 Å². The first-order valence-electron chi connectivity index (χ1n) is 9.47. The standard InChI is InChI=1S/C23H23FN4O2/c1-4-14-9-15(10-19(24)22(14)23(26)29)20-11-17(7-8-28-20)30-16-5-6-18(13(2)25)21(12-16)27-3/h5-12,25,27H,4H2,1-3H3,(H2,26,29). The highest BCUT2D eigenvalue weighted by Crippen LogP contribution is 2.30. The largest absolute Gasteiger partial charge is 0.457 e. The van der Waals surface area contributed by atoms with Crippen LogP contribution in [0.1, 0.15) is 35.3 Å². The number of amides is 1. The molecule has 0 aliphatic carbocycles. The van der Waals surface area contributed by atoms with Crippen LogP contribution in [0.5, 0.6) is 11.5 Å². The molecule has 0 aliphatic heterocycles. The molecule has 0 bridgehead atoms. The molecular formula is C23H23FN4O2. The van der Waals surface area contributed by atoms with Gasteiger partial charge in [0, 0.05) is 47.9 Å². The van der Waals surface area contributed by atoms with E-state index in [2.05, 4.69) is 10.3 Å². The lowest BCUT2D eigenvalue weighted by Gasteiger charge is -2.13. The molecule has 6 nitrogen and oxygen atoms in total. The van der Waals surface area contributed by atoms with Crippen molar-refractivity contribution >= 4 is 17.3 Å². The summed E-state index contributed by atoms with van der Waals surface area (Å²) in [7, 11) is 1.78. The van der Waals surface area contributed by atoms with Gasteiger partial charge in [0.15, 0.2) is 0 Å². The monoisotopic (exact) mass is 406 g/mol. The quantitative estimate of drug-likeness (QED) is 0.492. The number of hydrogen-bond acceptors (Lipinski definition) is 5. The second-order valence-corrected chi connectivity index (χ2v) is 6.77. The average Bonchev–Trinajstić information content (AvgIpc) is 2.72. The number of aryl methyl sites for hydroxylation is 1. The number of ether oxygens (including phenoxy) is 1. The van der Waals surface area contributed by atoms with E-state index in [0.29, 0.717) is 40.5 Å². The predicted octanol–water partition coefficient (Wildman–Crippen LogP) is 4.77. The molecular weight excluding hydrogens is 383 g/mol. The van der Waals surface area contributed by atoms with Gasteiger partial charge in [0.2, 0.25) is 0 Å². The predicted molar refractivity (Wildman–Crippen MR) is 116 cm³/mol. The van der Waals surface area contributed by atoms with Crippen LogP contribution in [-0.4, -0.2) is 23.7 Å². The van der Waals surface area contributed by atoms with Crippen molar-refractivity contribution in [2.75, 3.05) is 12.4 Å². The number of nitrogens with zero attached hydrogens (tertiary/aromatic N) is 1. The molecule has 7 heteroatoms. The molecule has 0 radical (unpaired) electrons. The first-order chi connectivity index (χ1) is 14.3. The number of anilines is 1. The number of benzene rings is 2. The molecule has 0 saturated heterocycles. The van der Waals surface area contributed by atoms with Crippen molar-refractivity contribution < 1.29 is 13.9 Å². The maximum Gasteiger partial charge on any atom is 0.251 e. The molecule has 0 saturated carbocycles. The van der Waals surface area contributed by atoms with Crippen LogP contribution >= 0.6 is 0 Å². The molecule has 30 heavy (non-hydrogen) atoms. The number of nitrogens with two attached hydrogens (primary N) is 1. The van der Waals surface area contributed by atoms with Crippen LogP contribution in [0.3, 0.4) is 0 Å². The summed E-state index contributed by atoms with van der Waals surface area (Å²) in [6.45, 7) is 3.55. The topological polar surface area (TPSA) is 101 Å². The van der Waals surface area contributed by atoms with Crippen LogP contribution in [0.4, 0.5) is 10.1 Å². The molecule has 0 atom stereocenters. The fraction of sp³-hybridized carbons (Fsp3) is 0.174. The Morgan fingerprint density at radius 1 is 1.20 bits per heavy atom. The highest BCUT2D eigenvalue weighted by atomic mass is 19.1. The summed E-state index contributed by atoms with van der Waals surface area (Å²) in [5.74, 6) is -0.337. The van der Waals surface area contributed by atoms with Crippen molar-refractivity contribution in [2.45, 2.75) is 20.3 Å². The molecule has 3 aromatic rings.